The summed E-state index contributed by atoms with van der Waals surface area (Å²) < 4.78 is 9.18. The van der Waals surface area contributed by atoms with Crippen LogP contribution in [0.5, 0.6) is 0 Å². The van der Waals surface area contributed by atoms with Gasteiger partial charge in [0.2, 0.25) is 11.8 Å². The van der Waals surface area contributed by atoms with Crippen molar-refractivity contribution in [2.45, 2.75) is 6.54 Å². The second-order valence-electron chi connectivity index (χ2n) is 6.38. The second kappa shape index (κ2) is 6.44. The molecule has 0 spiro atoms. The molecule has 140 valence electrons. The zero-order valence-electron chi connectivity index (χ0n) is 14.5. The standard InChI is InChI=1S/C16H18N8O2S/c17-15-20-13-11(14-19-12(21-24(14)15)10-2-1-9-26-10)27-16(25)23(13)8-7-22-5-3-18-4-6-22/h1-2,9,18H,3-8H2,(H2,17,20). The minimum atomic E-state index is -0.0670. The second-order valence-corrected chi connectivity index (χ2v) is 7.34. The Morgan fingerprint density at radius 2 is 2.07 bits per heavy atom. The van der Waals surface area contributed by atoms with Crippen LogP contribution in [0.25, 0.3) is 27.6 Å². The van der Waals surface area contributed by atoms with E-state index in [1.54, 1.807) is 23.0 Å². The predicted octanol–water partition coefficient (Wildman–Crippen LogP) is 0.248. The molecule has 27 heavy (non-hydrogen) atoms. The number of thiazole rings is 1. The average Bonchev–Trinajstić information content (AvgIpc) is 3.40. The van der Waals surface area contributed by atoms with Crippen LogP contribution in [0.4, 0.5) is 5.95 Å². The topological polar surface area (TPSA) is 120 Å². The van der Waals surface area contributed by atoms with Crippen molar-refractivity contribution in [1.82, 2.24) is 34.4 Å². The van der Waals surface area contributed by atoms with Gasteiger partial charge in [-0.05, 0) is 12.1 Å². The molecular formula is C16H18N8O2S. The van der Waals surface area contributed by atoms with Crippen LogP contribution in [0.2, 0.25) is 0 Å². The third-order valence-electron chi connectivity index (χ3n) is 4.71. The summed E-state index contributed by atoms with van der Waals surface area (Å²) >= 11 is 1.12. The van der Waals surface area contributed by atoms with Crippen molar-refractivity contribution in [2.24, 2.45) is 0 Å². The lowest BCUT2D eigenvalue weighted by atomic mass is 10.3. The molecule has 0 aliphatic carbocycles. The molecule has 0 radical (unpaired) electrons. The van der Waals surface area contributed by atoms with Crippen molar-refractivity contribution < 1.29 is 4.42 Å². The number of nitrogens with two attached hydrogens (primary N) is 1. The molecule has 1 fully saturated rings. The summed E-state index contributed by atoms with van der Waals surface area (Å²) in [5.74, 6) is 1.14. The van der Waals surface area contributed by atoms with Crippen molar-refractivity contribution in [3.63, 3.8) is 0 Å². The Kier molecular flexibility index (Phi) is 3.92. The molecule has 4 aromatic heterocycles. The van der Waals surface area contributed by atoms with Gasteiger partial charge in [-0.25, -0.2) is 4.98 Å². The van der Waals surface area contributed by atoms with Crippen molar-refractivity contribution in [2.75, 3.05) is 38.5 Å². The maximum atomic E-state index is 12.6. The zero-order chi connectivity index (χ0) is 18.4. The predicted molar refractivity (Wildman–Crippen MR) is 102 cm³/mol. The van der Waals surface area contributed by atoms with Gasteiger partial charge in [0.1, 0.15) is 4.70 Å². The van der Waals surface area contributed by atoms with Crippen LogP contribution in [0.3, 0.4) is 0 Å². The van der Waals surface area contributed by atoms with Crippen molar-refractivity contribution in [1.29, 1.82) is 0 Å². The van der Waals surface area contributed by atoms with Gasteiger partial charge in [0.25, 0.3) is 0 Å². The third kappa shape index (κ3) is 2.80. The summed E-state index contributed by atoms with van der Waals surface area (Å²) in [4.78, 5) is 23.8. The van der Waals surface area contributed by atoms with Crippen LogP contribution in [0, 0.1) is 0 Å². The van der Waals surface area contributed by atoms with Gasteiger partial charge < -0.3 is 15.5 Å². The molecule has 0 atom stereocenters. The molecule has 5 heterocycles. The Hall–Kier alpha value is -2.76. The number of aromatic nitrogens is 5. The van der Waals surface area contributed by atoms with Gasteiger partial charge in [0.15, 0.2) is 17.1 Å². The fourth-order valence-corrected chi connectivity index (χ4v) is 4.25. The Morgan fingerprint density at radius 1 is 1.22 bits per heavy atom. The molecule has 0 bridgehead atoms. The number of fused-ring (bicyclic) bond motifs is 3. The maximum absolute atomic E-state index is 12.6. The maximum Gasteiger partial charge on any atom is 0.309 e. The van der Waals surface area contributed by atoms with Crippen LogP contribution < -0.4 is 15.9 Å². The number of nitrogens with one attached hydrogen (secondary N) is 1. The molecule has 1 aliphatic heterocycles. The number of nitrogens with zero attached hydrogens (tertiary/aromatic N) is 6. The first-order chi connectivity index (χ1) is 13.2. The number of hydrogen-bond donors (Lipinski definition) is 2. The average molecular weight is 386 g/mol. The highest BCUT2D eigenvalue weighted by molar-refractivity contribution is 7.17. The molecule has 1 saturated heterocycles. The Balaban J connectivity index is 1.57. The molecule has 10 nitrogen and oxygen atoms in total. The summed E-state index contributed by atoms with van der Waals surface area (Å²) in [6, 6.07) is 3.54. The minimum Gasteiger partial charge on any atom is -0.461 e. The normalized spacial score (nSPS) is 15.9. The Labute approximate surface area is 157 Å². The summed E-state index contributed by atoms with van der Waals surface area (Å²) in [7, 11) is 0. The molecule has 0 unspecified atom stereocenters. The molecule has 0 saturated carbocycles. The van der Waals surface area contributed by atoms with E-state index in [1.165, 1.54) is 4.52 Å². The highest BCUT2D eigenvalue weighted by Crippen LogP contribution is 2.25. The number of furan rings is 1. The minimum absolute atomic E-state index is 0.0670. The number of rotatable bonds is 4. The van der Waals surface area contributed by atoms with E-state index in [9.17, 15) is 4.79 Å². The smallest absolute Gasteiger partial charge is 0.309 e. The van der Waals surface area contributed by atoms with Crippen molar-refractivity contribution in [3.05, 3.63) is 28.1 Å². The SMILES string of the molecule is Nc1nc2c(sc(=O)n2CCN2CCNCC2)c2nc(-c3ccco3)nn12. The molecule has 3 N–H and O–H groups in total. The molecular weight excluding hydrogens is 368 g/mol. The zero-order valence-corrected chi connectivity index (χ0v) is 15.3. The highest BCUT2D eigenvalue weighted by atomic mass is 32.1. The Bertz CT molecular complexity index is 1150. The van der Waals surface area contributed by atoms with E-state index in [2.05, 4.69) is 25.3 Å². The molecule has 5 rings (SSSR count). The summed E-state index contributed by atoms with van der Waals surface area (Å²) in [5, 5.41) is 7.70. The van der Waals surface area contributed by atoms with Gasteiger partial charge >= 0.3 is 4.87 Å². The molecule has 11 heteroatoms. The van der Waals surface area contributed by atoms with Gasteiger partial charge in [-0.2, -0.15) is 9.50 Å². The first kappa shape index (κ1) is 16.4. The van der Waals surface area contributed by atoms with Gasteiger partial charge in [-0.1, -0.05) is 11.3 Å². The monoisotopic (exact) mass is 386 g/mol. The number of piperazine rings is 1. The molecule has 1 aliphatic rings. The fourth-order valence-electron chi connectivity index (χ4n) is 3.31. The van der Waals surface area contributed by atoms with Crippen LogP contribution in [0.15, 0.2) is 27.6 Å². The van der Waals surface area contributed by atoms with E-state index in [1.807, 2.05) is 0 Å². The van der Waals surface area contributed by atoms with Gasteiger partial charge in [0, 0.05) is 39.3 Å². The first-order valence-corrected chi connectivity index (χ1v) is 9.55. The van der Waals surface area contributed by atoms with E-state index in [0.717, 1.165) is 44.1 Å². The van der Waals surface area contributed by atoms with E-state index in [-0.39, 0.29) is 10.8 Å². The molecule has 0 amide bonds. The third-order valence-corrected chi connectivity index (χ3v) is 5.67. The van der Waals surface area contributed by atoms with Crippen molar-refractivity contribution in [3.8, 4) is 11.6 Å². The van der Waals surface area contributed by atoms with Crippen LogP contribution in [-0.2, 0) is 6.54 Å². The lowest BCUT2D eigenvalue weighted by Crippen LogP contribution is -2.44. The molecule has 0 aromatic carbocycles. The fraction of sp³-hybridized carbons (Fsp3) is 0.375. The van der Waals surface area contributed by atoms with E-state index < -0.39 is 0 Å². The first-order valence-electron chi connectivity index (χ1n) is 8.73. The Morgan fingerprint density at radius 3 is 2.85 bits per heavy atom. The summed E-state index contributed by atoms with van der Waals surface area (Å²) in [6.45, 7) is 5.27. The van der Waals surface area contributed by atoms with Crippen molar-refractivity contribution >= 4 is 33.3 Å². The van der Waals surface area contributed by atoms with Gasteiger partial charge in [-0.3, -0.25) is 14.3 Å². The lowest BCUT2D eigenvalue weighted by molar-refractivity contribution is 0.233. The van der Waals surface area contributed by atoms with Gasteiger partial charge in [0.05, 0.1) is 6.26 Å². The number of hydrogen-bond acceptors (Lipinski definition) is 9. The highest BCUT2D eigenvalue weighted by Gasteiger charge is 2.20. The van der Waals surface area contributed by atoms with Crippen LogP contribution >= 0.6 is 11.3 Å². The number of anilines is 1. The quantitative estimate of drug-likeness (QED) is 0.512. The summed E-state index contributed by atoms with van der Waals surface area (Å²) in [6.07, 6.45) is 1.56. The largest absolute Gasteiger partial charge is 0.461 e. The number of nitrogen functional groups attached to an aromatic ring is 1. The van der Waals surface area contributed by atoms with Gasteiger partial charge in [-0.15, -0.1) is 5.10 Å². The molecule has 4 aromatic rings. The van der Waals surface area contributed by atoms with E-state index in [0.29, 0.717) is 34.1 Å². The lowest BCUT2D eigenvalue weighted by Gasteiger charge is -2.27. The van der Waals surface area contributed by atoms with E-state index >= 15 is 0 Å². The van der Waals surface area contributed by atoms with Crippen LogP contribution in [-0.4, -0.2) is 61.8 Å². The van der Waals surface area contributed by atoms with Crippen LogP contribution in [0.1, 0.15) is 0 Å². The van der Waals surface area contributed by atoms with E-state index in [4.69, 9.17) is 10.2 Å². The summed E-state index contributed by atoms with van der Waals surface area (Å²) in [5.41, 5.74) is 7.17.